The lowest BCUT2D eigenvalue weighted by molar-refractivity contribution is -0.177. The molecule has 1 heterocycles. The van der Waals surface area contributed by atoms with Crippen molar-refractivity contribution in [3.8, 4) is 0 Å². The van der Waals surface area contributed by atoms with Crippen molar-refractivity contribution in [3.63, 3.8) is 0 Å². The normalized spacial score (nSPS) is 27.9. The van der Waals surface area contributed by atoms with Gasteiger partial charge in [0.25, 0.3) is 5.91 Å². The van der Waals surface area contributed by atoms with E-state index in [4.69, 9.17) is 9.47 Å². The highest BCUT2D eigenvalue weighted by atomic mass is 32.1. The molecular weight excluding hydrogens is 276 g/mol. The number of amides is 1. The summed E-state index contributed by atoms with van der Waals surface area (Å²) in [6.07, 6.45) is 0.817. The zero-order valence-corrected chi connectivity index (χ0v) is 13.5. The third-order valence-electron chi connectivity index (χ3n) is 4.64. The molecule has 1 aliphatic rings. The van der Waals surface area contributed by atoms with Crippen LogP contribution in [-0.2, 0) is 16.1 Å². The Kier molecular flexibility index (Phi) is 4.18. The number of carbonyl (C=O) groups excluding carboxylic acids is 1. The molecule has 0 unspecified atom stereocenters. The average molecular weight is 298 g/mol. The molecule has 1 amide bonds. The summed E-state index contributed by atoms with van der Waals surface area (Å²) in [6, 6.07) is 0.104. The number of hydrogen-bond donors (Lipinski definition) is 1. The number of thiazole rings is 1. The second-order valence-corrected chi connectivity index (χ2v) is 6.89. The van der Waals surface area contributed by atoms with Crippen LogP contribution in [0.3, 0.4) is 0 Å². The lowest BCUT2D eigenvalue weighted by Gasteiger charge is -2.59. The summed E-state index contributed by atoms with van der Waals surface area (Å²) in [4.78, 5) is 16.5. The van der Waals surface area contributed by atoms with Crippen molar-refractivity contribution in [2.75, 3.05) is 14.2 Å². The minimum atomic E-state index is -0.186. The Bertz CT molecular complexity index is 500. The standard InChI is InChI=1S/C14H22N2O3S/c1-13(2)10(6-14(13,3)19-5)16-12(17)9-8-20-11(15-9)7-18-4/h8,10H,6-7H2,1-5H3,(H,16,17)/t10-,14-/m1/s1. The van der Waals surface area contributed by atoms with Crippen LogP contribution >= 0.6 is 11.3 Å². The topological polar surface area (TPSA) is 60.5 Å². The van der Waals surface area contributed by atoms with Crippen LogP contribution < -0.4 is 5.32 Å². The molecule has 0 aliphatic heterocycles. The van der Waals surface area contributed by atoms with E-state index in [1.54, 1.807) is 19.6 Å². The number of nitrogens with one attached hydrogen (secondary N) is 1. The summed E-state index contributed by atoms with van der Waals surface area (Å²) in [5, 5.41) is 5.63. The Morgan fingerprint density at radius 3 is 2.75 bits per heavy atom. The smallest absolute Gasteiger partial charge is 0.271 e. The molecule has 2 atom stereocenters. The third kappa shape index (κ3) is 2.47. The largest absolute Gasteiger partial charge is 0.378 e. The van der Waals surface area contributed by atoms with Gasteiger partial charge in [-0.05, 0) is 13.3 Å². The lowest BCUT2D eigenvalue weighted by Crippen LogP contribution is -2.68. The first-order valence-corrected chi connectivity index (χ1v) is 7.51. The Morgan fingerprint density at radius 1 is 1.50 bits per heavy atom. The molecule has 5 nitrogen and oxygen atoms in total. The van der Waals surface area contributed by atoms with Crippen LogP contribution in [0.15, 0.2) is 5.38 Å². The predicted octanol–water partition coefficient (Wildman–Crippen LogP) is 2.22. The van der Waals surface area contributed by atoms with Gasteiger partial charge in [0, 0.05) is 31.1 Å². The molecule has 0 aromatic carbocycles. The number of nitrogens with zero attached hydrogens (tertiary/aromatic N) is 1. The SMILES string of the molecule is COCc1nc(C(=O)N[C@@H]2C[C@@](C)(OC)C2(C)C)cs1. The van der Waals surface area contributed by atoms with Crippen molar-refractivity contribution < 1.29 is 14.3 Å². The van der Waals surface area contributed by atoms with E-state index in [0.717, 1.165) is 11.4 Å². The van der Waals surface area contributed by atoms with Gasteiger partial charge in [-0.1, -0.05) is 13.8 Å². The maximum Gasteiger partial charge on any atom is 0.271 e. The van der Waals surface area contributed by atoms with E-state index in [9.17, 15) is 4.79 Å². The second-order valence-electron chi connectivity index (χ2n) is 5.95. The first-order valence-electron chi connectivity index (χ1n) is 6.63. The van der Waals surface area contributed by atoms with Crippen molar-refractivity contribution in [1.82, 2.24) is 10.3 Å². The van der Waals surface area contributed by atoms with Gasteiger partial charge in [-0.2, -0.15) is 0 Å². The number of methoxy groups -OCH3 is 2. The van der Waals surface area contributed by atoms with Crippen molar-refractivity contribution >= 4 is 17.2 Å². The van der Waals surface area contributed by atoms with Crippen molar-refractivity contribution in [3.05, 3.63) is 16.1 Å². The second kappa shape index (κ2) is 5.42. The van der Waals surface area contributed by atoms with E-state index in [1.807, 2.05) is 0 Å². The maximum atomic E-state index is 12.2. The van der Waals surface area contributed by atoms with Crippen LogP contribution in [0.2, 0.25) is 0 Å². The maximum absolute atomic E-state index is 12.2. The van der Waals surface area contributed by atoms with Gasteiger partial charge < -0.3 is 14.8 Å². The van der Waals surface area contributed by atoms with Gasteiger partial charge in [0.1, 0.15) is 10.7 Å². The van der Waals surface area contributed by atoms with Crippen molar-refractivity contribution in [1.29, 1.82) is 0 Å². The Labute approximate surface area is 123 Å². The van der Waals surface area contributed by atoms with Gasteiger partial charge in [0.2, 0.25) is 0 Å². The minimum absolute atomic E-state index is 0.0945. The summed E-state index contributed by atoms with van der Waals surface area (Å²) in [6.45, 7) is 6.74. The summed E-state index contributed by atoms with van der Waals surface area (Å²) in [5.41, 5.74) is 0.181. The van der Waals surface area contributed by atoms with E-state index in [1.165, 1.54) is 11.3 Å². The molecule has 1 aromatic rings. The van der Waals surface area contributed by atoms with Crippen molar-refractivity contribution in [2.45, 2.75) is 45.4 Å². The first-order chi connectivity index (χ1) is 9.34. The molecule has 0 radical (unpaired) electrons. The highest BCUT2D eigenvalue weighted by Gasteiger charge is 2.58. The molecule has 20 heavy (non-hydrogen) atoms. The van der Waals surface area contributed by atoms with E-state index >= 15 is 0 Å². The fourth-order valence-corrected chi connectivity index (χ4v) is 3.30. The van der Waals surface area contributed by atoms with Crippen LogP contribution in [0.25, 0.3) is 0 Å². The third-order valence-corrected chi connectivity index (χ3v) is 5.46. The molecule has 2 rings (SSSR count). The Balaban J connectivity index is 1.99. The van der Waals surface area contributed by atoms with Gasteiger partial charge >= 0.3 is 0 Å². The first kappa shape index (κ1) is 15.4. The molecule has 0 spiro atoms. The highest BCUT2D eigenvalue weighted by molar-refractivity contribution is 7.09. The molecule has 1 N–H and O–H groups in total. The van der Waals surface area contributed by atoms with Crippen LogP contribution in [0.4, 0.5) is 0 Å². The van der Waals surface area contributed by atoms with Gasteiger partial charge in [-0.25, -0.2) is 4.98 Å². The molecular formula is C14H22N2O3S. The van der Waals surface area contributed by atoms with Crippen LogP contribution in [-0.4, -0.2) is 36.8 Å². The van der Waals surface area contributed by atoms with E-state index in [-0.39, 0.29) is 23.0 Å². The van der Waals surface area contributed by atoms with Crippen LogP contribution in [0.1, 0.15) is 42.7 Å². The summed E-state index contributed by atoms with van der Waals surface area (Å²) in [7, 11) is 3.33. The summed E-state index contributed by atoms with van der Waals surface area (Å²) >= 11 is 1.44. The van der Waals surface area contributed by atoms with Gasteiger partial charge in [0.15, 0.2) is 0 Å². The lowest BCUT2D eigenvalue weighted by atomic mass is 9.56. The molecule has 0 saturated heterocycles. The van der Waals surface area contributed by atoms with Gasteiger partial charge in [-0.3, -0.25) is 4.79 Å². The molecule has 1 aromatic heterocycles. The molecule has 1 fully saturated rings. The van der Waals surface area contributed by atoms with Gasteiger partial charge in [0.05, 0.1) is 12.2 Å². The summed E-state index contributed by atoms with van der Waals surface area (Å²) < 4.78 is 10.6. The molecule has 1 saturated carbocycles. The highest BCUT2D eigenvalue weighted by Crippen LogP contribution is 2.51. The number of hydrogen-bond acceptors (Lipinski definition) is 5. The Hall–Kier alpha value is -0.980. The fraction of sp³-hybridized carbons (Fsp3) is 0.714. The quantitative estimate of drug-likeness (QED) is 0.905. The molecule has 112 valence electrons. The average Bonchev–Trinajstić information content (AvgIpc) is 2.87. The van der Waals surface area contributed by atoms with E-state index < -0.39 is 0 Å². The zero-order chi connectivity index (χ0) is 15.0. The number of carbonyl (C=O) groups is 1. The van der Waals surface area contributed by atoms with Crippen LogP contribution in [0, 0.1) is 5.41 Å². The monoisotopic (exact) mass is 298 g/mol. The molecule has 6 heteroatoms. The van der Waals surface area contributed by atoms with Gasteiger partial charge in [-0.15, -0.1) is 11.3 Å². The number of ether oxygens (including phenoxy) is 2. The van der Waals surface area contributed by atoms with Crippen LogP contribution in [0.5, 0.6) is 0 Å². The fourth-order valence-electron chi connectivity index (χ4n) is 2.56. The molecule has 1 aliphatic carbocycles. The predicted molar refractivity (Wildman–Crippen MR) is 77.9 cm³/mol. The Morgan fingerprint density at radius 2 is 2.20 bits per heavy atom. The number of aromatic nitrogens is 1. The number of rotatable bonds is 5. The van der Waals surface area contributed by atoms with Crippen molar-refractivity contribution in [2.24, 2.45) is 5.41 Å². The minimum Gasteiger partial charge on any atom is -0.378 e. The van der Waals surface area contributed by atoms with E-state index in [0.29, 0.717) is 12.3 Å². The molecule has 0 bridgehead atoms. The zero-order valence-electron chi connectivity index (χ0n) is 12.6. The van der Waals surface area contributed by atoms with E-state index in [2.05, 4.69) is 31.1 Å². The summed E-state index contributed by atoms with van der Waals surface area (Å²) in [5.74, 6) is -0.125.